The molecule has 17 heavy (non-hydrogen) atoms. The molecule has 1 aliphatic heterocycles. The average Bonchev–Trinajstić information content (AvgIpc) is 2.54. The van der Waals surface area contributed by atoms with E-state index in [9.17, 15) is 4.79 Å². The van der Waals surface area contributed by atoms with Crippen molar-refractivity contribution < 1.29 is 4.79 Å². The lowest BCUT2D eigenvalue weighted by molar-refractivity contribution is -0.119. The molecule has 0 saturated carbocycles. The monoisotopic (exact) mass is 270 g/mol. The number of carbonyl (C=O) groups excluding carboxylic acids is 1. The predicted molar refractivity (Wildman–Crippen MR) is 70.8 cm³/mol. The first kappa shape index (κ1) is 12.4. The van der Waals surface area contributed by atoms with Gasteiger partial charge in [-0.15, -0.1) is 0 Å². The van der Waals surface area contributed by atoms with Gasteiger partial charge in [0.1, 0.15) is 0 Å². The van der Waals surface area contributed by atoms with Crippen LogP contribution in [-0.2, 0) is 4.79 Å². The van der Waals surface area contributed by atoms with Crippen LogP contribution in [0.15, 0.2) is 23.3 Å². The Bertz CT molecular complexity index is 499. The highest BCUT2D eigenvalue weighted by Gasteiger charge is 2.33. The van der Waals surface area contributed by atoms with Crippen LogP contribution >= 0.6 is 23.2 Å². The molecule has 0 radical (unpaired) electrons. The summed E-state index contributed by atoms with van der Waals surface area (Å²) >= 11 is 11.9. The van der Waals surface area contributed by atoms with Crippen molar-refractivity contribution in [3.8, 4) is 0 Å². The summed E-state index contributed by atoms with van der Waals surface area (Å²) in [7, 11) is 0. The van der Waals surface area contributed by atoms with Crippen molar-refractivity contribution >= 4 is 40.5 Å². The molecule has 0 aromatic heterocycles. The molecular formula is C12H12Cl2N2O. The summed E-state index contributed by atoms with van der Waals surface area (Å²) in [5.41, 5.74) is 1.40. The number of nitrogens with zero attached hydrogens (tertiary/aromatic N) is 2. The number of anilines is 1. The van der Waals surface area contributed by atoms with Crippen molar-refractivity contribution in [1.82, 2.24) is 0 Å². The van der Waals surface area contributed by atoms with Gasteiger partial charge in [0, 0.05) is 10.7 Å². The average molecular weight is 271 g/mol. The second kappa shape index (κ2) is 4.67. The Hall–Kier alpha value is -1.06. The summed E-state index contributed by atoms with van der Waals surface area (Å²) in [6, 6.07) is 5.01. The first-order valence-corrected chi connectivity index (χ1v) is 6.14. The minimum atomic E-state index is -0.137. The van der Waals surface area contributed by atoms with E-state index in [2.05, 4.69) is 5.10 Å². The highest BCUT2D eigenvalue weighted by molar-refractivity contribution is 6.37. The highest BCUT2D eigenvalue weighted by atomic mass is 35.5. The van der Waals surface area contributed by atoms with Gasteiger partial charge in [0.05, 0.1) is 16.6 Å². The van der Waals surface area contributed by atoms with Crippen molar-refractivity contribution in [3.63, 3.8) is 0 Å². The maximum absolute atomic E-state index is 12.1. The number of hydrogen-bond acceptors (Lipinski definition) is 2. The maximum atomic E-state index is 12.1. The number of hydrazone groups is 1. The molecule has 90 valence electrons. The molecule has 1 unspecified atom stereocenters. The normalized spacial score (nSPS) is 19.8. The van der Waals surface area contributed by atoms with Crippen LogP contribution in [-0.4, -0.2) is 11.6 Å². The molecule has 0 fully saturated rings. The van der Waals surface area contributed by atoms with Crippen molar-refractivity contribution in [1.29, 1.82) is 0 Å². The largest absolute Gasteiger partial charge is 0.272 e. The van der Waals surface area contributed by atoms with Gasteiger partial charge in [0.2, 0.25) is 0 Å². The summed E-state index contributed by atoms with van der Waals surface area (Å²) in [6.07, 6.45) is 0.746. The Kier molecular flexibility index (Phi) is 3.40. The van der Waals surface area contributed by atoms with E-state index < -0.39 is 0 Å². The second-order valence-electron chi connectivity index (χ2n) is 3.95. The summed E-state index contributed by atoms with van der Waals surface area (Å²) in [4.78, 5) is 12.1. The zero-order valence-corrected chi connectivity index (χ0v) is 11.1. The molecule has 0 bridgehead atoms. The topological polar surface area (TPSA) is 32.7 Å². The molecule has 0 aliphatic carbocycles. The van der Waals surface area contributed by atoms with Crippen molar-refractivity contribution in [2.75, 3.05) is 5.01 Å². The van der Waals surface area contributed by atoms with Gasteiger partial charge in [0.15, 0.2) is 0 Å². The van der Waals surface area contributed by atoms with E-state index in [1.165, 1.54) is 5.01 Å². The van der Waals surface area contributed by atoms with Crippen LogP contribution in [0.3, 0.4) is 0 Å². The van der Waals surface area contributed by atoms with Crippen LogP contribution in [0.1, 0.15) is 20.3 Å². The number of hydrogen-bond donors (Lipinski definition) is 0. The molecule has 0 saturated heterocycles. The summed E-state index contributed by atoms with van der Waals surface area (Å²) in [5, 5.41) is 6.59. The Morgan fingerprint density at radius 2 is 2.12 bits per heavy atom. The zero-order valence-electron chi connectivity index (χ0n) is 9.58. The SMILES string of the molecule is CCC1C(=O)N(c2ccc(Cl)cc2Cl)N=C1C. The quantitative estimate of drug-likeness (QED) is 0.806. The van der Waals surface area contributed by atoms with Crippen LogP contribution in [0.2, 0.25) is 10.0 Å². The first-order valence-electron chi connectivity index (χ1n) is 5.38. The van der Waals surface area contributed by atoms with E-state index >= 15 is 0 Å². The zero-order chi connectivity index (χ0) is 12.6. The molecular weight excluding hydrogens is 259 g/mol. The molecule has 1 aromatic carbocycles. The Morgan fingerprint density at radius 3 is 2.65 bits per heavy atom. The highest BCUT2D eigenvalue weighted by Crippen LogP contribution is 2.33. The lowest BCUT2D eigenvalue weighted by Crippen LogP contribution is -2.26. The minimum Gasteiger partial charge on any atom is -0.272 e. The van der Waals surface area contributed by atoms with Gasteiger partial charge in [-0.05, 0) is 31.5 Å². The smallest absolute Gasteiger partial charge is 0.256 e. The van der Waals surface area contributed by atoms with Gasteiger partial charge in [-0.2, -0.15) is 10.1 Å². The fourth-order valence-corrected chi connectivity index (χ4v) is 2.39. The fourth-order valence-electron chi connectivity index (χ4n) is 1.90. The summed E-state index contributed by atoms with van der Waals surface area (Å²) in [6.45, 7) is 3.82. The lowest BCUT2D eigenvalue weighted by atomic mass is 10.0. The van der Waals surface area contributed by atoms with Crippen molar-refractivity contribution in [2.45, 2.75) is 20.3 Å². The second-order valence-corrected chi connectivity index (χ2v) is 4.79. The predicted octanol–water partition coefficient (Wildman–Crippen LogP) is 3.74. The Balaban J connectivity index is 2.39. The van der Waals surface area contributed by atoms with E-state index in [0.29, 0.717) is 15.7 Å². The van der Waals surface area contributed by atoms with E-state index in [4.69, 9.17) is 23.2 Å². The maximum Gasteiger partial charge on any atom is 0.256 e. The van der Waals surface area contributed by atoms with E-state index in [0.717, 1.165) is 12.1 Å². The third-order valence-corrected chi connectivity index (χ3v) is 3.35. The van der Waals surface area contributed by atoms with Gasteiger partial charge in [-0.25, -0.2) is 0 Å². The molecule has 1 heterocycles. The molecule has 1 atom stereocenters. The molecule has 3 nitrogen and oxygen atoms in total. The van der Waals surface area contributed by atoms with Crippen LogP contribution < -0.4 is 5.01 Å². The molecule has 5 heteroatoms. The third kappa shape index (κ3) is 2.17. The molecule has 1 amide bonds. The fraction of sp³-hybridized carbons (Fsp3) is 0.333. The van der Waals surface area contributed by atoms with Crippen molar-refractivity contribution in [3.05, 3.63) is 28.2 Å². The van der Waals surface area contributed by atoms with Crippen LogP contribution in [0.4, 0.5) is 5.69 Å². The summed E-state index contributed by atoms with van der Waals surface area (Å²) in [5.74, 6) is -0.170. The van der Waals surface area contributed by atoms with Gasteiger partial charge in [-0.1, -0.05) is 30.1 Å². The van der Waals surface area contributed by atoms with Gasteiger partial charge >= 0.3 is 0 Å². The Morgan fingerprint density at radius 1 is 1.41 bits per heavy atom. The van der Waals surface area contributed by atoms with Gasteiger partial charge < -0.3 is 0 Å². The number of carbonyl (C=O) groups is 1. The molecule has 2 rings (SSSR count). The number of rotatable bonds is 2. The molecule has 0 spiro atoms. The summed E-state index contributed by atoms with van der Waals surface area (Å²) < 4.78 is 0. The van der Waals surface area contributed by atoms with Crippen molar-refractivity contribution in [2.24, 2.45) is 11.0 Å². The minimum absolute atomic E-state index is 0.0331. The van der Waals surface area contributed by atoms with Gasteiger partial charge in [0.25, 0.3) is 5.91 Å². The first-order chi connectivity index (χ1) is 8.04. The molecule has 1 aromatic rings. The van der Waals surface area contributed by atoms with E-state index in [1.807, 2.05) is 13.8 Å². The van der Waals surface area contributed by atoms with Crippen LogP contribution in [0, 0.1) is 5.92 Å². The van der Waals surface area contributed by atoms with E-state index in [-0.39, 0.29) is 11.8 Å². The lowest BCUT2D eigenvalue weighted by Gasteiger charge is -2.15. The number of benzene rings is 1. The Labute approximate surface area is 110 Å². The number of amides is 1. The van der Waals surface area contributed by atoms with E-state index in [1.54, 1.807) is 18.2 Å². The molecule has 0 N–H and O–H groups in total. The number of halogens is 2. The van der Waals surface area contributed by atoms with Crippen LogP contribution in [0.25, 0.3) is 0 Å². The van der Waals surface area contributed by atoms with Gasteiger partial charge in [-0.3, -0.25) is 4.79 Å². The third-order valence-electron chi connectivity index (χ3n) is 2.82. The van der Waals surface area contributed by atoms with Crippen LogP contribution in [0.5, 0.6) is 0 Å². The standard InChI is InChI=1S/C12H12Cl2N2O/c1-3-9-7(2)15-16(12(9)17)11-5-4-8(13)6-10(11)14/h4-6,9H,3H2,1-2H3. The molecule has 1 aliphatic rings.